The lowest BCUT2D eigenvalue weighted by molar-refractivity contribution is -0.210. The Hall–Kier alpha value is -3.86. The van der Waals surface area contributed by atoms with Gasteiger partial charge in [-0.3, -0.25) is 23.7 Å². The van der Waals surface area contributed by atoms with Gasteiger partial charge in [-0.25, -0.2) is 4.39 Å². The predicted molar refractivity (Wildman–Crippen MR) is 264 cm³/mol. The molecule has 5 aliphatic rings. The van der Waals surface area contributed by atoms with Crippen molar-refractivity contribution in [3.05, 3.63) is 77.1 Å². The fraction of sp³-hybridized carbons (Fsp3) is 0.673. The maximum Gasteiger partial charge on any atom is 0.357 e. The summed E-state index contributed by atoms with van der Waals surface area (Å²) in [7, 11) is -3.73. The van der Waals surface area contributed by atoms with E-state index in [1.807, 2.05) is 12.1 Å². The number of fused-ring (bicyclic) bond motifs is 7. The number of halogens is 1. The number of unbranched alkanes of at least 4 members (excludes halogenated alkanes) is 1. The normalized spacial score (nSPS) is 33.3. The molecule has 7 rings (SSSR count). The second kappa shape index (κ2) is 19.7. The minimum atomic E-state index is -3.73. The topological polar surface area (TPSA) is 149 Å². The van der Waals surface area contributed by atoms with Gasteiger partial charge in [0.15, 0.2) is 11.6 Å². The number of nitrogens with one attached hydrogen (secondary N) is 3. The van der Waals surface area contributed by atoms with Gasteiger partial charge in [-0.15, -0.1) is 0 Å². The van der Waals surface area contributed by atoms with Gasteiger partial charge in [0, 0.05) is 42.4 Å². The first-order chi connectivity index (χ1) is 32.0. The monoisotopic (exact) mass is 960 g/mol. The fourth-order valence-electron chi connectivity index (χ4n) is 14.4. The van der Waals surface area contributed by atoms with Crippen molar-refractivity contribution in [2.45, 2.75) is 158 Å². The Balaban J connectivity index is 0.917. The van der Waals surface area contributed by atoms with Gasteiger partial charge in [-0.05, 0) is 159 Å². The molecule has 0 spiro atoms. The molecule has 68 heavy (non-hydrogen) atoms. The molecule has 0 radical (unpaired) electrons. The zero-order valence-corrected chi connectivity index (χ0v) is 43.4. The molecule has 4 fully saturated rings. The van der Waals surface area contributed by atoms with E-state index in [0.29, 0.717) is 30.8 Å². The van der Waals surface area contributed by atoms with Gasteiger partial charge >= 0.3 is 13.6 Å². The standard InChI is InChI=1S/C55H79FN3O8P/c1-11-65-68(64,66-12-2)48(38-16-15-17-39(56)33-38)59-40-20-18-37(19-21-40)32-46(62)57-30-13-14-31-58-49(63)52(7)27-26-51(6)28-29-54(9)41(42(51)35-52)34-43(61)47-53(8)24-23-45(67-36(3)60)50(4,5)44(53)22-25-55(47,54)10/h15-21,33-34,42,44-45,47-48,59H,11-14,22-32,35H2,1-10H3,(H,57,62)(H,58,63)/t42-,44-,45-,47+,48?,51+,52-,53-,54+,55+/m0/s1. The summed E-state index contributed by atoms with van der Waals surface area (Å²) in [6.45, 7) is 22.5. The van der Waals surface area contributed by atoms with E-state index in [2.05, 4.69) is 70.5 Å². The van der Waals surface area contributed by atoms with Crippen LogP contribution in [0.5, 0.6) is 0 Å². The van der Waals surface area contributed by atoms with Crippen LogP contribution in [-0.2, 0) is 43.9 Å². The number of rotatable bonds is 17. The number of esters is 1. The highest BCUT2D eigenvalue weighted by Gasteiger charge is 2.70. The lowest BCUT2D eigenvalue weighted by Gasteiger charge is -2.70. The minimum Gasteiger partial charge on any atom is -0.462 e. The highest BCUT2D eigenvalue weighted by molar-refractivity contribution is 7.54. The summed E-state index contributed by atoms with van der Waals surface area (Å²) in [5.74, 6) is -1.13. The number of carbonyl (C=O) groups is 4. The van der Waals surface area contributed by atoms with E-state index < -0.39 is 24.6 Å². The second-order valence-corrected chi connectivity index (χ2v) is 25.0. The zero-order chi connectivity index (χ0) is 49.5. The molecule has 0 aromatic heterocycles. The van der Waals surface area contributed by atoms with E-state index in [1.54, 1.807) is 38.1 Å². The number of ether oxygens (including phenoxy) is 1. The van der Waals surface area contributed by atoms with E-state index >= 15 is 0 Å². The molecule has 2 aromatic carbocycles. The van der Waals surface area contributed by atoms with Gasteiger partial charge in [0.05, 0.1) is 19.6 Å². The Morgan fingerprint density at radius 2 is 1.50 bits per heavy atom. The summed E-state index contributed by atoms with van der Waals surface area (Å²) in [5, 5.41) is 9.49. The van der Waals surface area contributed by atoms with Gasteiger partial charge < -0.3 is 29.7 Å². The first-order valence-electron chi connectivity index (χ1n) is 25.5. The number of hydrogen-bond acceptors (Lipinski definition) is 9. The molecule has 11 nitrogen and oxygen atoms in total. The van der Waals surface area contributed by atoms with Gasteiger partial charge in [-0.1, -0.05) is 78.3 Å². The molecule has 4 saturated carbocycles. The predicted octanol–water partition coefficient (Wildman–Crippen LogP) is 11.7. The maximum absolute atomic E-state index is 14.9. The summed E-state index contributed by atoms with van der Waals surface area (Å²) in [4.78, 5) is 54.0. The van der Waals surface area contributed by atoms with Crippen molar-refractivity contribution < 1.29 is 41.9 Å². The molecular formula is C55H79FN3O8P. The molecule has 0 bridgehead atoms. The van der Waals surface area contributed by atoms with Gasteiger partial charge in [-0.2, -0.15) is 0 Å². The molecule has 0 saturated heterocycles. The number of hydrogen-bond donors (Lipinski definition) is 3. The van der Waals surface area contributed by atoms with E-state index in [-0.39, 0.29) is 94.1 Å². The van der Waals surface area contributed by atoms with E-state index in [9.17, 15) is 28.1 Å². The van der Waals surface area contributed by atoms with Crippen molar-refractivity contribution in [3.63, 3.8) is 0 Å². The van der Waals surface area contributed by atoms with Gasteiger partial charge in [0.1, 0.15) is 11.9 Å². The average molecular weight is 960 g/mol. The third-order valence-electron chi connectivity index (χ3n) is 18.3. The molecule has 13 heteroatoms. The van der Waals surface area contributed by atoms with Crippen LogP contribution < -0.4 is 16.0 Å². The van der Waals surface area contributed by atoms with E-state index in [1.165, 1.54) is 24.6 Å². The smallest absolute Gasteiger partial charge is 0.357 e. The molecule has 5 aliphatic carbocycles. The molecular weight excluding hydrogens is 881 g/mol. The lowest BCUT2D eigenvalue weighted by atomic mass is 9.33. The minimum absolute atomic E-state index is 0.0311. The second-order valence-electron chi connectivity index (χ2n) is 22.9. The maximum atomic E-state index is 14.9. The molecule has 0 heterocycles. The Morgan fingerprint density at radius 1 is 0.838 bits per heavy atom. The summed E-state index contributed by atoms with van der Waals surface area (Å²) in [6, 6.07) is 13.1. The van der Waals surface area contributed by atoms with E-state index in [4.69, 9.17) is 13.8 Å². The molecule has 10 atom stereocenters. The van der Waals surface area contributed by atoms with Crippen LogP contribution in [-0.4, -0.2) is 56.0 Å². The first-order valence-corrected chi connectivity index (χ1v) is 27.1. The van der Waals surface area contributed by atoms with Gasteiger partial charge in [0.25, 0.3) is 0 Å². The first kappa shape index (κ1) is 52.0. The Labute approximate surface area is 405 Å². The van der Waals surface area contributed by atoms with Crippen molar-refractivity contribution in [2.75, 3.05) is 31.6 Å². The summed E-state index contributed by atoms with van der Waals surface area (Å²) < 4.78 is 45.2. The van der Waals surface area contributed by atoms with E-state index in [0.717, 1.165) is 69.8 Å². The van der Waals surface area contributed by atoms with Crippen molar-refractivity contribution in [1.29, 1.82) is 0 Å². The molecule has 0 aliphatic heterocycles. The van der Waals surface area contributed by atoms with Gasteiger partial charge in [0.2, 0.25) is 11.8 Å². The molecule has 3 N–H and O–H groups in total. The Bertz CT molecular complexity index is 2290. The average Bonchev–Trinajstić information content (AvgIpc) is 3.26. The highest BCUT2D eigenvalue weighted by atomic mass is 31.2. The zero-order valence-electron chi connectivity index (χ0n) is 42.5. The van der Waals surface area contributed by atoms with Crippen LogP contribution in [0.3, 0.4) is 0 Å². The lowest BCUT2D eigenvalue weighted by Crippen LogP contribution is -2.66. The number of anilines is 1. The number of benzene rings is 2. The fourth-order valence-corrected chi connectivity index (χ4v) is 16.3. The number of ketones is 1. The Morgan fingerprint density at radius 3 is 2.15 bits per heavy atom. The molecule has 374 valence electrons. The van der Waals surface area contributed by atoms with Crippen LogP contribution in [0.1, 0.15) is 157 Å². The molecule has 2 amide bonds. The highest BCUT2D eigenvalue weighted by Crippen LogP contribution is 2.75. The third kappa shape index (κ3) is 9.65. The van der Waals surface area contributed by atoms with Crippen LogP contribution >= 0.6 is 7.60 Å². The quantitative estimate of drug-likeness (QED) is 0.0800. The van der Waals surface area contributed by atoms with Crippen LogP contribution in [0, 0.1) is 56.1 Å². The SMILES string of the molecule is CCOP(=O)(OCC)C(Nc1ccc(CC(=O)NCCCCNC(=O)[C@@]2(C)CC[C@]3(C)CC[C@]4(C)C(=CC(=O)[C@@H]5[C@@]6(C)CC[C@H](OC(C)=O)C(C)(C)[C@@H]6CC[C@]54C)[C@@H]3C2)cc1)c1cccc(F)c1. The van der Waals surface area contributed by atoms with Crippen LogP contribution in [0.2, 0.25) is 0 Å². The molecule has 1 unspecified atom stereocenters. The Kier molecular flexibility index (Phi) is 15.1. The number of carbonyl (C=O) groups excluding carboxylic acids is 4. The summed E-state index contributed by atoms with van der Waals surface area (Å²) >= 11 is 0. The van der Waals surface area contributed by atoms with Crippen LogP contribution in [0.15, 0.2) is 60.2 Å². The molecule has 2 aromatic rings. The number of allylic oxidation sites excluding steroid dienone is 2. The summed E-state index contributed by atoms with van der Waals surface area (Å²) in [6.07, 6.45) is 11.7. The van der Waals surface area contributed by atoms with Crippen molar-refractivity contribution in [3.8, 4) is 0 Å². The van der Waals surface area contributed by atoms with Crippen LogP contribution in [0.25, 0.3) is 0 Å². The van der Waals surface area contributed by atoms with Crippen molar-refractivity contribution in [2.24, 2.45) is 50.2 Å². The third-order valence-corrected chi connectivity index (χ3v) is 20.6. The number of amides is 2. The largest absolute Gasteiger partial charge is 0.462 e. The van der Waals surface area contributed by atoms with Crippen LogP contribution in [0.4, 0.5) is 10.1 Å². The van der Waals surface area contributed by atoms with Crippen molar-refractivity contribution in [1.82, 2.24) is 10.6 Å². The van der Waals surface area contributed by atoms with Crippen molar-refractivity contribution >= 4 is 36.9 Å². The summed E-state index contributed by atoms with van der Waals surface area (Å²) in [5.41, 5.74) is 1.80.